The Morgan fingerprint density at radius 3 is 2.56 bits per heavy atom. The van der Waals surface area contributed by atoms with E-state index in [-0.39, 0.29) is 0 Å². The van der Waals surface area contributed by atoms with Gasteiger partial charge < -0.3 is 5.32 Å². The second kappa shape index (κ2) is 2.53. The van der Waals surface area contributed by atoms with E-state index in [1.807, 2.05) is 0 Å². The maximum absolute atomic E-state index is 3.91. The minimum atomic E-state index is 0.597. The van der Waals surface area contributed by atoms with Crippen molar-refractivity contribution < 1.29 is 0 Å². The fourth-order valence-electron chi connectivity index (χ4n) is 1.29. The lowest BCUT2D eigenvalue weighted by Crippen LogP contribution is -2.21. The summed E-state index contributed by atoms with van der Waals surface area (Å²) in [5, 5.41) is 3.41. The van der Waals surface area contributed by atoms with Crippen LogP contribution < -0.4 is 5.32 Å². The highest BCUT2D eigenvalue weighted by Crippen LogP contribution is 2.16. The quantitative estimate of drug-likeness (QED) is 0.524. The number of nitrogens with one attached hydrogen (secondary N) is 1. The highest BCUT2D eigenvalue weighted by molar-refractivity contribution is 5.04. The molecule has 0 unspecified atom stereocenters. The third kappa shape index (κ3) is 1.55. The van der Waals surface area contributed by atoms with Crippen LogP contribution in [-0.4, -0.2) is 12.6 Å². The molecule has 0 aromatic carbocycles. The Hall–Kier alpha value is -0.300. The zero-order chi connectivity index (χ0) is 6.85. The summed E-state index contributed by atoms with van der Waals surface area (Å²) in [6, 6.07) is 0.597. The first-order valence-electron chi connectivity index (χ1n) is 3.59. The van der Waals surface area contributed by atoms with Gasteiger partial charge >= 0.3 is 0 Å². The van der Waals surface area contributed by atoms with Crippen LogP contribution in [-0.2, 0) is 0 Å². The van der Waals surface area contributed by atoms with E-state index in [1.54, 1.807) is 0 Å². The lowest BCUT2D eigenvalue weighted by atomic mass is 10.0. The lowest BCUT2D eigenvalue weighted by Gasteiger charge is -2.07. The zero-order valence-electron chi connectivity index (χ0n) is 6.28. The standard InChI is InChI=1S/C8H15N/c1-6(2)8-4-7(3)5-9-8/h7-9H,1,4-5H2,2-3H3/t7-,8+/m1/s1. The van der Waals surface area contributed by atoms with E-state index < -0.39 is 0 Å². The Labute approximate surface area is 57.1 Å². The molecule has 0 aliphatic carbocycles. The van der Waals surface area contributed by atoms with E-state index in [1.165, 1.54) is 12.0 Å². The van der Waals surface area contributed by atoms with Gasteiger partial charge in [0.15, 0.2) is 0 Å². The van der Waals surface area contributed by atoms with E-state index in [0.717, 1.165) is 12.5 Å². The summed E-state index contributed by atoms with van der Waals surface area (Å²) >= 11 is 0. The van der Waals surface area contributed by atoms with Crippen LogP contribution >= 0.6 is 0 Å². The first-order valence-corrected chi connectivity index (χ1v) is 3.59. The second-order valence-electron chi connectivity index (χ2n) is 3.15. The van der Waals surface area contributed by atoms with Crippen molar-refractivity contribution >= 4 is 0 Å². The second-order valence-corrected chi connectivity index (χ2v) is 3.15. The van der Waals surface area contributed by atoms with E-state index in [4.69, 9.17) is 0 Å². The summed E-state index contributed by atoms with van der Waals surface area (Å²) in [5.41, 5.74) is 1.28. The molecule has 0 spiro atoms. The molecular formula is C8H15N. The average molecular weight is 125 g/mol. The molecule has 0 aromatic rings. The molecule has 0 radical (unpaired) electrons. The highest BCUT2D eigenvalue weighted by atomic mass is 14.9. The van der Waals surface area contributed by atoms with Gasteiger partial charge in [-0.3, -0.25) is 0 Å². The Morgan fingerprint density at radius 1 is 1.67 bits per heavy atom. The number of rotatable bonds is 1. The topological polar surface area (TPSA) is 12.0 Å². The summed E-state index contributed by atoms with van der Waals surface area (Å²) in [6.45, 7) is 9.44. The minimum Gasteiger partial charge on any atom is -0.310 e. The summed E-state index contributed by atoms with van der Waals surface area (Å²) in [6.07, 6.45) is 1.27. The molecule has 0 amide bonds. The van der Waals surface area contributed by atoms with Gasteiger partial charge in [-0.1, -0.05) is 19.1 Å². The molecule has 1 saturated heterocycles. The average Bonchev–Trinajstić information content (AvgIpc) is 2.14. The normalized spacial score (nSPS) is 34.9. The van der Waals surface area contributed by atoms with Crippen LogP contribution in [0.25, 0.3) is 0 Å². The van der Waals surface area contributed by atoms with Crippen LogP contribution in [0.1, 0.15) is 20.3 Å². The molecule has 52 valence electrons. The van der Waals surface area contributed by atoms with Crippen LogP contribution in [0.15, 0.2) is 12.2 Å². The predicted octanol–water partition coefficient (Wildman–Crippen LogP) is 1.56. The number of hydrogen-bond acceptors (Lipinski definition) is 1. The molecule has 9 heavy (non-hydrogen) atoms. The van der Waals surface area contributed by atoms with Crippen molar-refractivity contribution in [1.29, 1.82) is 0 Å². The van der Waals surface area contributed by atoms with Gasteiger partial charge in [0.05, 0.1) is 0 Å². The summed E-state index contributed by atoms with van der Waals surface area (Å²) in [5.74, 6) is 0.840. The van der Waals surface area contributed by atoms with Gasteiger partial charge in [-0.05, 0) is 25.8 Å². The fraction of sp³-hybridized carbons (Fsp3) is 0.750. The molecule has 1 heterocycles. The minimum absolute atomic E-state index is 0.597. The third-order valence-electron chi connectivity index (χ3n) is 1.95. The highest BCUT2D eigenvalue weighted by Gasteiger charge is 2.19. The first kappa shape index (κ1) is 6.81. The van der Waals surface area contributed by atoms with Gasteiger partial charge in [-0.15, -0.1) is 0 Å². The van der Waals surface area contributed by atoms with E-state index in [0.29, 0.717) is 6.04 Å². The van der Waals surface area contributed by atoms with Gasteiger partial charge in [0.25, 0.3) is 0 Å². The monoisotopic (exact) mass is 125 g/mol. The Morgan fingerprint density at radius 2 is 2.33 bits per heavy atom. The Bertz CT molecular complexity index is 118. The van der Waals surface area contributed by atoms with Crippen molar-refractivity contribution in [1.82, 2.24) is 5.32 Å². The molecule has 0 aromatic heterocycles. The van der Waals surface area contributed by atoms with Crippen molar-refractivity contribution in [2.75, 3.05) is 6.54 Å². The van der Waals surface area contributed by atoms with Gasteiger partial charge in [0.2, 0.25) is 0 Å². The summed E-state index contributed by atoms with van der Waals surface area (Å²) in [7, 11) is 0. The third-order valence-corrected chi connectivity index (χ3v) is 1.95. The van der Waals surface area contributed by atoms with Crippen LogP contribution in [0, 0.1) is 5.92 Å². The molecule has 1 nitrogen and oxygen atoms in total. The zero-order valence-corrected chi connectivity index (χ0v) is 6.28. The molecule has 1 aliphatic heterocycles. The Kier molecular flexibility index (Phi) is 1.91. The molecular weight excluding hydrogens is 110 g/mol. The van der Waals surface area contributed by atoms with Gasteiger partial charge in [-0.2, -0.15) is 0 Å². The van der Waals surface area contributed by atoms with Crippen LogP contribution in [0.3, 0.4) is 0 Å². The van der Waals surface area contributed by atoms with E-state index >= 15 is 0 Å². The maximum Gasteiger partial charge on any atom is 0.0277 e. The van der Waals surface area contributed by atoms with E-state index in [2.05, 4.69) is 25.7 Å². The molecule has 1 N–H and O–H groups in total. The van der Waals surface area contributed by atoms with Crippen molar-refractivity contribution in [3.05, 3.63) is 12.2 Å². The molecule has 1 fully saturated rings. The molecule has 0 bridgehead atoms. The van der Waals surface area contributed by atoms with E-state index in [9.17, 15) is 0 Å². The largest absolute Gasteiger partial charge is 0.310 e. The molecule has 1 heteroatoms. The van der Waals surface area contributed by atoms with Crippen molar-refractivity contribution in [2.24, 2.45) is 5.92 Å². The summed E-state index contributed by atoms with van der Waals surface area (Å²) in [4.78, 5) is 0. The molecule has 1 aliphatic rings. The van der Waals surface area contributed by atoms with Gasteiger partial charge in [-0.25, -0.2) is 0 Å². The lowest BCUT2D eigenvalue weighted by molar-refractivity contribution is 0.633. The first-order chi connectivity index (χ1) is 4.20. The van der Waals surface area contributed by atoms with Crippen LogP contribution in [0.2, 0.25) is 0 Å². The smallest absolute Gasteiger partial charge is 0.0277 e. The maximum atomic E-state index is 3.91. The van der Waals surface area contributed by atoms with Crippen LogP contribution in [0.4, 0.5) is 0 Å². The van der Waals surface area contributed by atoms with Gasteiger partial charge in [0.1, 0.15) is 0 Å². The van der Waals surface area contributed by atoms with Crippen molar-refractivity contribution in [3.63, 3.8) is 0 Å². The summed E-state index contributed by atoms with van der Waals surface area (Å²) < 4.78 is 0. The van der Waals surface area contributed by atoms with Crippen molar-refractivity contribution in [2.45, 2.75) is 26.3 Å². The SMILES string of the molecule is C=C(C)[C@@H]1C[C@@H](C)CN1. The molecule has 1 rings (SSSR count). The predicted molar refractivity (Wildman–Crippen MR) is 40.4 cm³/mol. The number of hydrogen-bond donors (Lipinski definition) is 1. The van der Waals surface area contributed by atoms with Crippen LogP contribution in [0.5, 0.6) is 0 Å². The molecule has 0 saturated carbocycles. The Balaban J connectivity index is 2.39. The molecule has 2 atom stereocenters. The van der Waals surface area contributed by atoms with Gasteiger partial charge in [0, 0.05) is 6.04 Å². The van der Waals surface area contributed by atoms with Crippen molar-refractivity contribution in [3.8, 4) is 0 Å². The fourth-order valence-corrected chi connectivity index (χ4v) is 1.29.